The summed E-state index contributed by atoms with van der Waals surface area (Å²) in [6.07, 6.45) is 0. The highest BCUT2D eigenvalue weighted by Gasteiger charge is 2.34. The summed E-state index contributed by atoms with van der Waals surface area (Å²) in [6.45, 7) is 0. The molecule has 0 amide bonds. The number of fused-ring (bicyclic) bond motifs is 8. The second kappa shape index (κ2) is 11.2. The fourth-order valence-corrected chi connectivity index (χ4v) is 8.46. The van der Waals surface area contributed by atoms with Gasteiger partial charge in [-0.2, -0.15) is 0 Å². The third-order valence-corrected chi connectivity index (χ3v) is 10.6. The van der Waals surface area contributed by atoms with Crippen molar-refractivity contribution in [3.05, 3.63) is 194 Å². The monoisotopic (exact) mass is 664 g/mol. The van der Waals surface area contributed by atoms with Gasteiger partial charge in [0.25, 0.3) is 0 Å². The lowest BCUT2D eigenvalue weighted by molar-refractivity contribution is 1.09. The van der Waals surface area contributed by atoms with Crippen LogP contribution in [0.1, 0.15) is 0 Å². The summed E-state index contributed by atoms with van der Waals surface area (Å²) in [5.74, 6) is 0. The minimum atomic E-state index is 1.10. The van der Waals surface area contributed by atoms with Gasteiger partial charge in [0.15, 0.2) is 0 Å². The number of hydrogen-bond donors (Lipinski definition) is 0. The molecule has 0 saturated heterocycles. The quantitative estimate of drug-likeness (QED) is 0.186. The molecule has 0 bridgehead atoms. The van der Waals surface area contributed by atoms with Gasteiger partial charge in [-0.3, -0.25) is 0 Å². The molecule has 1 aliphatic rings. The highest BCUT2D eigenvalue weighted by molar-refractivity contribution is 6.13. The minimum Gasteiger partial charge on any atom is -0.309 e. The maximum Gasteiger partial charge on any atom is 0.0948 e. The summed E-state index contributed by atoms with van der Waals surface area (Å²) in [5.41, 5.74) is 13.6. The van der Waals surface area contributed by atoms with Crippen LogP contribution in [-0.2, 0) is 0 Å². The maximum atomic E-state index is 2.48. The van der Waals surface area contributed by atoms with Gasteiger partial charge in [0.2, 0.25) is 0 Å². The van der Waals surface area contributed by atoms with E-state index in [0.29, 0.717) is 0 Å². The molecule has 244 valence electrons. The van der Waals surface area contributed by atoms with Crippen molar-refractivity contribution in [1.82, 2.24) is 9.13 Å². The van der Waals surface area contributed by atoms with Crippen LogP contribution < -0.4 is 9.80 Å². The van der Waals surface area contributed by atoms with Crippen LogP contribution in [0.3, 0.4) is 0 Å². The van der Waals surface area contributed by atoms with E-state index in [9.17, 15) is 0 Å². The van der Waals surface area contributed by atoms with Gasteiger partial charge in [0.1, 0.15) is 0 Å². The van der Waals surface area contributed by atoms with Crippen LogP contribution in [0.15, 0.2) is 194 Å². The topological polar surface area (TPSA) is 16.3 Å². The molecule has 1 aliphatic heterocycles. The number of aromatic nitrogens is 2. The maximum absolute atomic E-state index is 2.48. The molecule has 4 nitrogen and oxygen atoms in total. The van der Waals surface area contributed by atoms with Gasteiger partial charge in [-0.05, 0) is 72.8 Å². The van der Waals surface area contributed by atoms with Crippen LogP contribution >= 0.6 is 0 Å². The molecule has 52 heavy (non-hydrogen) atoms. The van der Waals surface area contributed by atoms with E-state index in [-0.39, 0.29) is 0 Å². The second-order valence-corrected chi connectivity index (χ2v) is 13.4. The Morgan fingerprint density at radius 2 is 0.615 bits per heavy atom. The summed E-state index contributed by atoms with van der Waals surface area (Å²) >= 11 is 0. The van der Waals surface area contributed by atoms with Crippen molar-refractivity contribution in [3.8, 4) is 11.4 Å². The molecule has 0 fully saturated rings. The smallest absolute Gasteiger partial charge is 0.0948 e. The molecule has 0 atom stereocenters. The van der Waals surface area contributed by atoms with Gasteiger partial charge in [0.05, 0.1) is 56.2 Å². The first-order chi connectivity index (χ1) is 25.8. The van der Waals surface area contributed by atoms with E-state index >= 15 is 0 Å². The number of hydrogen-bond acceptors (Lipinski definition) is 2. The summed E-state index contributed by atoms with van der Waals surface area (Å²) in [6, 6.07) is 70.3. The second-order valence-electron chi connectivity index (χ2n) is 13.4. The van der Waals surface area contributed by atoms with Gasteiger partial charge < -0.3 is 18.9 Å². The predicted octanol–water partition coefficient (Wildman–Crippen LogP) is 13.1. The van der Waals surface area contributed by atoms with Crippen LogP contribution in [-0.4, -0.2) is 9.13 Å². The first-order valence-electron chi connectivity index (χ1n) is 17.8. The first kappa shape index (κ1) is 28.8. The van der Waals surface area contributed by atoms with E-state index in [1.165, 1.54) is 43.6 Å². The number of benzene rings is 8. The summed E-state index contributed by atoms with van der Waals surface area (Å²) < 4.78 is 4.92. The van der Waals surface area contributed by atoms with Gasteiger partial charge in [-0.1, -0.05) is 121 Å². The lowest BCUT2D eigenvalue weighted by Gasteiger charge is -2.42. The number of rotatable bonds is 4. The van der Waals surface area contributed by atoms with Crippen LogP contribution in [0.5, 0.6) is 0 Å². The standard InChI is InChI=1S/C48H32N4/c1-3-17-33(18-4-1)49-44-29-15-16-30-45(44)51(34-19-5-2-6-20-34)48-46(49)31-35(50-40-25-11-7-21-36(40)37-22-8-12-26-41(37)50)32-47(48)52-42-27-13-9-23-38(42)39-24-10-14-28-43(39)52/h1-32H. The Labute approximate surface area is 301 Å². The molecule has 10 aromatic rings. The summed E-state index contributed by atoms with van der Waals surface area (Å²) in [5, 5.41) is 4.95. The van der Waals surface area contributed by atoms with Crippen molar-refractivity contribution in [2.24, 2.45) is 0 Å². The van der Waals surface area contributed by atoms with Crippen LogP contribution in [0, 0.1) is 0 Å². The first-order valence-corrected chi connectivity index (χ1v) is 17.8. The highest BCUT2D eigenvalue weighted by atomic mass is 15.3. The molecule has 3 heterocycles. The number of para-hydroxylation sites is 8. The molecule has 4 heteroatoms. The largest absolute Gasteiger partial charge is 0.309 e. The third kappa shape index (κ3) is 4.09. The summed E-state index contributed by atoms with van der Waals surface area (Å²) in [4.78, 5) is 4.90. The molecule has 0 radical (unpaired) electrons. The van der Waals surface area contributed by atoms with E-state index < -0.39 is 0 Å². The number of anilines is 6. The Kier molecular flexibility index (Phi) is 6.22. The molecule has 0 unspecified atom stereocenters. The molecule has 8 aromatic carbocycles. The fraction of sp³-hybridized carbons (Fsp3) is 0. The molecule has 2 aromatic heterocycles. The fourth-order valence-electron chi connectivity index (χ4n) is 8.46. The zero-order chi connectivity index (χ0) is 34.2. The zero-order valence-electron chi connectivity index (χ0n) is 28.3. The molecule has 11 rings (SSSR count). The van der Waals surface area contributed by atoms with E-state index in [4.69, 9.17) is 0 Å². The van der Waals surface area contributed by atoms with E-state index in [2.05, 4.69) is 213 Å². The van der Waals surface area contributed by atoms with E-state index in [1.54, 1.807) is 0 Å². The lowest BCUT2D eigenvalue weighted by atomic mass is 10.0. The Hall–Kier alpha value is -7.04. The van der Waals surface area contributed by atoms with Gasteiger partial charge >= 0.3 is 0 Å². The van der Waals surface area contributed by atoms with Crippen LogP contribution in [0.25, 0.3) is 55.0 Å². The zero-order valence-corrected chi connectivity index (χ0v) is 28.3. The van der Waals surface area contributed by atoms with E-state index in [0.717, 1.165) is 45.5 Å². The normalized spacial score (nSPS) is 12.5. The highest BCUT2D eigenvalue weighted by Crippen LogP contribution is 2.57. The van der Waals surface area contributed by atoms with E-state index in [1.807, 2.05) is 0 Å². The van der Waals surface area contributed by atoms with Crippen LogP contribution in [0.2, 0.25) is 0 Å². The third-order valence-electron chi connectivity index (χ3n) is 10.6. The molecule has 0 spiro atoms. The molecule has 0 N–H and O–H groups in total. The van der Waals surface area contributed by atoms with Crippen molar-refractivity contribution in [1.29, 1.82) is 0 Å². The molecular formula is C48H32N4. The molecule has 0 saturated carbocycles. The van der Waals surface area contributed by atoms with Crippen molar-refractivity contribution in [2.75, 3.05) is 9.80 Å². The molecular weight excluding hydrogens is 633 g/mol. The number of nitrogens with zero attached hydrogens (tertiary/aromatic N) is 4. The Bertz CT molecular complexity index is 2870. The van der Waals surface area contributed by atoms with Gasteiger partial charge in [-0.25, -0.2) is 0 Å². The Balaban J connectivity index is 1.36. The average Bonchev–Trinajstić information content (AvgIpc) is 3.73. The van der Waals surface area contributed by atoms with Gasteiger partial charge in [0, 0.05) is 32.9 Å². The van der Waals surface area contributed by atoms with Crippen LogP contribution in [0.4, 0.5) is 34.1 Å². The Morgan fingerprint density at radius 3 is 1.12 bits per heavy atom. The van der Waals surface area contributed by atoms with Crippen molar-refractivity contribution >= 4 is 77.7 Å². The summed E-state index contributed by atoms with van der Waals surface area (Å²) in [7, 11) is 0. The predicted molar refractivity (Wildman–Crippen MR) is 218 cm³/mol. The lowest BCUT2D eigenvalue weighted by Crippen LogP contribution is -2.25. The minimum absolute atomic E-state index is 1.10. The average molecular weight is 665 g/mol. The Morgan fingerprint density at radius 1 is 0.250 bits per heavy atom. The van der Waals surface area contributed by atoms with Gasteiger partial charge in [-0.15, -0.1) is 0 Å². The van der Waals surface area contributed by atoms with Crippen molar-refractivity contribution in [2.45, 2.75) is 0 Å². The SMILES string of the molecule is c1ccc(N2c3ccccc3N(c3ccccc3)c3c2cc(-n2c4ccccc4c4ccccc42)cc3-n2c3ccccc3c3ccccc32)cc1. The van der Waals surface area contributed by atoms with Crippen molar-refractivity contribution < 1.29 is 0 Å². The molecule has 0 aliphatic carbocycles. The van der Waals surface area contributed by atoms with Crippen molar-refractivity contribution in [3.63, 3.8) is 0 Å².